The van der Waals surface area contributed by atoms with Crippen LogP contribution in [-0.2, 0) is 5.41 Å². The lowest BCUT2D eigenvalue weighted by atomic mass is 9.71. The fraction of sp³-hybridized carbons (Fsp3) is 0.438. The third-order valence-corrected chi connectivity index (χ3v) is 3.47. The average molecular weight is 262 g/mol. The van der Waals surface area contributed by atoms with Crippen molar-refractivity contribution in [1.82, 2.24) is 0 Å². The second-order valence-corrected chi connectivity index (χ2v) is 5.52. The van der Waals surface area contributed by atoms with Crippen molar-refractivity contribution in [3.05, 3.63) is 47.5 Å². The van der Waals surface area contributed by atoms with E-state index in [0.29, 0.717) is 0 Å². The molecule has 1 aliphatic carbocycles. The summed E-state index contributed by atoms with van der Waals surface area (Å²) in [7, 11) is 0. The van der Waals surface area contributed by atoms with Crippen molar-refractivity contribution < 1.29 is 15.0 Å². The molecule has 19 heavy (non-hydrogen) atoms. The van der Waals surface area contributed by atoms with Gasteiger partial charge in [-0.15, -0.1) is 0 Å². The lowest BCUT2D eigenvalue weighted by Crippen LogP contribution is -2.25. The molecule has 0 saturated carbocycles. The molecule has 1 aromatic carbocycles. The van der Waals surface area contributed by atoms with Crippen LogP contribution in [0.15, 0.2) is 36.4 Å². The Bertz CT molecular complexity index is 461. The van der Waals surface area contributed by atoms with E-state index in [9.17, 15) is 0 Å². The zero-order chi connectivity index (χ0) is 14.5. The molecule has 2 rings (SSSR count). The van der Waals surface area contributed by atoms with E-state index in [-0.39, 0.29) is 5.41 Å². The van der Waals surface area contributed by atoms with E-state index in [1.165, 1.54) is 24.0 Å². The minimum Gasteiger partial charge on any atom is -0.450 e. The number of allylic oxidation sites excluding steroid dienone is 2. The zero-order valence-electron chi connectivity index (χ0n) is 11.8. The maximum absolute atomic E-state index is 8.56. The number of rotatable bonds is 1. The van der Waals surface area contributed by atoms with E-state index in [2.05, 4.69) is 57.2 Å². The van der Waals surface area contributed by atoms with Crippen LogP contribution in [0.2, 0.25) is 0 Å². The van der Waals surface area contributed by atoms with E-state index in [1.54, 1.807) is 0 Å². The van der Waals surface area contributed by atoms with E-state index in [0.717, 1.165) is 5.92 Å². The Labute approximate surface area is 114 Å². The van der Waals surface area contributed by atoms with E-state index < -0.39 is 6.16 Å². The normalized spacial score (nSPS) is 25.3. The van der Waals surface area contributed by atoms with Gasteiger partial charge in [-0.3, -0.25) is 0 Å². The van der Waals surface area contributed by atoms with E-state index >= 15 is 0 Å². The van der Waals surface area contributed by atoms with Gasteiger partial charge < -0.3 is 10.2 Å². The zero-order valence-corrected chi connectivity index (χ0v) is 11.8. The molecule has 0 fully saturated rings. The van der Waals surface area contributed by atoms with Crippen LogP contribution in [0.4, 0.5) is 4.79 Å². The molecule has 3 nitrogen and oxygen atoms in total. The van der Waals surface area contributed by atoms with E-state index in [1.807, 2.05) is 0 Å². The predicted molar refractivity (Wildman–Crippen MR) is 76.7 cm³/mol. The molecule has 2 N–H and O–H groups in total. The van der Waals surface area contributed by atoms with Crippen LogP contribution in [0.25, 0.3) is 0 Å². The van der Waals surface area contributed by atoms with Crippen molar-refractivity contribution in [2.75, 3.05) is 0 Å². The molecule has 0 radical (unpaired) electrons. The highest BCUT2D eigenvalue weighted by atomic mass is 16.6. The van der Waals surface area contributed by atoms with Gasteiger partial charge in [-0.2, -0.15) is 0 Å². The molecule has 0 heterocycles. The molecule has 1 aromatic rings. The molecule has 0 bridgehead atoms. The Kier molecular flexibility index (Phi) is 5.16. The highest BCUT2D eigenvalue weighted by Gasteiger charge is 2.28. The van der Waals surface area contributed by atoms with Crippen LogP contribution in [0, 0.1) is 12.8 Å². The van der Waals surface area contributed by atoms with Crippen LogP contribution >= 0.6 is 0 Å². The first-order valence-electron chi connectivity index (χ1n) is 6.50. The summed E-state index contributed by atoms with van der Waals surface area (Å²) in [4.78, 5) is 8.56. The Hall–Kier alpha value is -1.77. The van der Waals surface area contributed by atoms with E-state index in [4.69, 9.17) is 15.0 Å². The fourth-order valence-corrected chi connectivity index (χ4v) is 2.65. The first-order chi connectivity index (χ1) is 8.83. The lowest BCUT2D eigenvalue weighted by molar-refractivity contribution is 0.137. The van der Waals surface area contributed by atoms with Gasteiger partial charge in [0.1, 0.15) is 0 Å². The van der Waals surface area contributed by atoms with Gasteiger partial charge in [-0.05, 0) is 31.2 Å². The number of benzene rings is 1. The molecule has 0 saturated heterocycles. The molecule has 0 aromatic heterocycles. The Balaban J connectivity index is 0.000000399. The summed E-state index contributed by atoms with van der Waals surface area (Å²) >= 11 is 0. The quantitative estimate of drug-likeness (QED) is 0.734. The van der Waals surface area contributed by atoms with Crippen molar-refractivity contribution in [2.45, 2.75) is 39.0 Å². The molecule has 0 aliphatic heterocycles. The van der Waals surface area contributed by atoms with Crippen LogP contribution in [0.1, 0.15) is 37.8 Å². The number of carbonyl (C=O) groups is 1. The molecule has 104 valence electrons. The number of aryl methyl sites for hydroxylation is 1. The van der Waals surface area contributed by atoms with Crippen LogP contribution in [-0.4, -0.2) is 16.4 Å². The Morgan fingerprint density at radius 3 is 2.53 bits per heavy atom. The second-order valence-electron chi connectivity index (χ2n) is 5.52. The maximum Gasteiger partial charge on any atom is 0.503 e. The third-order valence-electron chi connectivity index (χ3n) is 3.47. The summed E-state index contributed by atoms with van der Waals surface area (Å²) in [5.74, 6) is 0.806. The van der Waals surface area contributed by atoms with Gasteiger partial charge in [-0.1, -0.05) is 55.8 Å². The fourth-order valence-electron chi connectivity index (χ4n) is 2.65. The summed E-state index contributed by atoms with van der Waals surface area (Å²) in [5, 5.41) is 13.9. The van der Waals surface area contributed by atoms with Crippen LogP contribution < -0.4 is 0 Å². The maximum atomic E-state index is 8.56. The third kappa shape index (κ3) is 4.78. The van der Waals surface area contributed by atoms with Gasteiger partial charge in [-0.25, -0.2) is 4.79 Å². The summed E-state index contributed by atoms with van der Waals surface area (Å²) in [5.41, 5.74) is 3.08. The van der Waals surface area contributed by atoms with Crippen molar-refractivity contribution >= 4 is 6.16 Å². The van der Waals surface area contributed by atoms with Crippen molar-refractivity contribution in [2.24, 2.45) is 5.92 Å². The van der Waals surface area contributed by atoms with Crippen LogP contribution in [0.3, 0.4) is 0 Å². The summed E-state index contributed by atoms with van der Waals surface area (Å²) in [6, 6.07) is 8.92. The minimum atomic E-state index is -1.83. The molecule has 1 aliphatic rings. The van der Waals surface area contributed by atoms with Gasteiger partial charge in [0.15, 0.2) is 0 Å². The molecule has 3 heteroatoms. The predicted octanol–water partition coefficient (Wildman–Crippen LogP) is 4.46. The Morgan fingerprint density at radius 2 is 2.00 bits per heavy atom. The van der Waals surface area contributed by atoms with Gasteiger partial charge >= 0.3 is 6.16 Å². The molecule has 2 unspecified atom stereocenters. The van der Waals surface area contributed by atoms with Crippen molar-refractivity contribution in [3.8, 4) is 0 Å². The van der Waals surface area contributed by atoms with Gasteiger partial charge in [0.05, 0.1) is 0 Å². The number of carboxylic acid groups (broad SMARTS) is 2. The van der Waals surface area contributed by atoms with Gasteiger partial charge in [0.2, 0.25) is 0 Å². The van der Waals surface area contributed by atoms with Crippen molar-refractivity contribution in [3.63, 3.8) is 0 Å². The number of hydrogen-bond acceptors (Lipinski definition) is 1. The SMILES string of the molecule is Cc1cccc(C2(C)C=CCC(C)C2)c1.O=C(O)O. The van der Waals surface area contributed by atoms with Gasteiger partial charge in [0, 0.05) is 5.41 Å². The largest absolute Gasteiger partial charge is 0.503 e. The summed E-state index contributed by atoms with van der Waals surface area (Å²) < 4.78 is 0. The number of hydrogen-bond donors (Lipinski definition) is 2. The molecular formula is C16H22O3. The van der Waals surface area contributed by atoms with Crippen LogP contribution in [0.5, 0.6) is 0 Å². The minimum absolute atomic E-state index is 0.254. The summed E-state index contributed by atoms with van der Waals surface area (Å²) in [6.45, 7) is 6.87. The topological polar surface area (TPSA) is 57.5 Å². The van der Waals surface area contributed by atoms with Crippen molar-refractivity contribution in [1.29, 1.82) is 0 Å². The molecule has 2 atom stereocenters. The Morgan fingerprint density at radius 1 is 1.37 bits per heavy atom. The average Bonchev–Trinajstić information content (AvgIpc) is 2.28. The summed E-state index contributed by atoms with van der Waals surface area (Å²) in [6.07, 6.45) is 5.41. The monoisotopic (exact) mass is 262 g/mol. The molecule has 0 amide bonds. The standard InChI is InChI=1S/C15H20.CH2O3/c1-12-6-4-8-14(10-12)15(3)9-5-7-13(2)11-15;2-1(3)4/h4-6,8-10,13H,7,11H2,1-3H3;(H2,2,3,4). The first kappa shape index (κ1) is 15.3. The molecule has 0 spiro atoms. The smallest absolute Gasteiger partial charge is 0.450 e. The second kappa shape index (κ2) is 6.41. The first-order valence-corrected chi connectivity index (χ1v) is 6.50. The highest BCUT2D eigenvalue weighted by Crippen LogP contribution is 2.37. The molecular weight excluding hydrogens is 240 g/mol. The van der Waals surface area contributed by atoms with Gasteiger partial charge in [0.25, 0.3) is 0 Å². The lowest BCUT2D eigenvalue weighted by Gasteiger charge is -2.33. The highest BCUT2D eigenvalue weighted by molar-refractivity contribution is 5.53.